The molecule has 0 bridgehead atoms. The third-order valence-corrected chi connectivity index (χ3v) is 5.68. The summed E-state index contributed by atoms with van der Waals surface area (Å²) in [5.74, 6) is 0.410. The highest BCUT2D eigenvalue weighted by Crippen LogP contribution is 2.40. The topological polar surface area (TPSA) is 24.9 Å². The molecule has 4 rings (SSSR count). The van der Waals surface area contributed by atoms with E-state index < -0.39 is 5.54 Å². The Hall–Kier alpha value is -2.62. The van der Waals surface area contributed by atoms with E-state index in [-0.39, 0.29) is 0 Å². The van der Waals surface area contributed by atoms with Crippen LogP contribution in [0.5, 0.6) is 0 Å². The van der Waals surface area contributed by atoms with Crippen LogP contribution >= 0.6 is 22.9 Å². The van der Waals surface area contributed by atoms with Crippen LogP contribution in [0.3, 0.4) is 0 Å². The maximum atomic E-state index is 5.98. The number of rotatable bonds is 6. The summed E-state index contributed by atoms with van der Waals surface area (Å²) in [4.78, 5) is 4.67. The van der Waals surface area contributed by atoms with E-state index >= 15 is 0 Å². The van der Waals surface area contributed by atoms with Gasteiger partial charge in [-0.1, -0.05) is 91.0 Å². The molecule has 3 aromatic carbocycles. The molecular formula is C23H19ClN2S. The molecule has 0 saturated heterocycles. The van der Waals surface area contributed by atoms with Crippen LogP contribution in [0.25, 0.3) is 0 Å². The minimum absolute atomic E-state index is 0.410. The Bertz CT molecular complexity index is 888. The van der Waals surface area contributed by atoms with E-state index in [1.807, 2.05) is 23.6 Å². The van der Waals surface area contributed by atoms with Crippen LogP contribution in [0.1, 0.15) is 22.4 Å². The molecule has 0 saturated carbocycles. The Morgan fingerprint density at radius 1 is 0.741 bits per heavy atom. The Morgan fingerprint density at radius 3 is 1.56 bits per heavy atom. The first kappa shape index (κ1) is 17.8. The van der Waals surface area contributed by atoms with E-state index in [9.17, 15) is 0 Å². The lowest BCUT2D eigenvalue weighted by molar-refractivity contribution is 0.710. The number of halogens is 1. The van der Waals surface area contributed by atoms with Gasteiger partial charge in [-0.05, 0) is 16.7 Å². The second kappa shape index (κ2) is 7.95. The van der Waals surface area contributed by atoms with Crippen molar-refractivity contribution in [2.45, 2.75) is 11.4 Å². The largest absolute Gasteiger partial charge is 0.344 e. The average Bonchev–Trinajstić information content (AvgIpc) is 3.21. The van der Waals surface area contributed by atoms with Crippen molar-refractivity contribution in [3.05, 3.63) is 119 Å². The maximum Gasteiger partial charge on any atom is 0.184 e. The fourth-order valence-corrected chi connectivity index (χ4v) is 4.36. The van der Waals surface area contributed by atoms with Crippen LogP contribution in [-0.2, 0) is 11.4 Å². The maximum absolute atomic E-state index is 5.98. The Kier molecular flexibility index (Phi) is 5.23. The molecule has 1 N–H and O–H groups in total. The van der Waals surface area contributed by atoms with Crippen LogP contribution in [0.2, 0.25) is 0 Å². The Balaban J connectivity index is 1.97. The number of nitrogens with zero attached hydrogens (tertiary/aromatic N) is 1. The summed E-state index contributed by atoms with van der Waals surface area (Å²) < 4.78 is 0. The lowest BCUT2D eigenvalue weighted by atomic mass is 9.77. The van der Waals surface area contributed by atoms with Gasteiger partial charge in [0.15, 0.2) is 5.13 Å². The lowest BCUT2D eigenvalue weighted by Crippen LogP contribution is -2.38. The molecule has 0 atom stereocenters. The highest BCUT2D eigenvalue weighted by molar-refractivity contribution is 7.13. The zero-order chi connectivity index (χ0) is 18.5. The highest BCUT2D eigenvalue weighted by atomic mass is 35.5. The second-order valence-corrected chi connectivity index (χ2v) is 7.38. The normalized spacial score (nSPS) is 11.3. The predicted molar refractivity (Wildman–Crippen MR) is 115 cm³/mol. The molecule has 2 nitrogen and oxygen atoms in total. The summed E-state index contributed by atoms with van der Waals surface area (Å²) >= 11 is 7.56. The van der Waals surface area contributed by atoms with Crippen molar-refractivity contribution in [2.75, 3.05) is 5.32 Å². The summed E-state index contributed by atoms with van der Waals surface area (Å²) in [7, 11) is 0. The van der Waals surface area contributed by atoms with Crippen LogP contribution in [0.15, 0.2) is 96.4 Å². The Labute approximate surface area is 168 Å². The van der Waals surface area contributed by atoms with Crippen LogP contribution < -0.4 is 5.32 Å². The summed E-state index contributed by atoms with van der Waals surface area (Å²) in [6.07, 6.45) is 0. The van der Waals surface area contributed by atoms with Crippen molar-refractivity contribution in [3.8, 4) is 0 Å². The van der Waals surface area contributed by atoms with Crippen molar-refractivity contribution < 1.29 is 0 Å². The summed E-state index contributed by atoms with van der Waals surface area (Å²) in [6, 6.07) is 31.5. The summed E-state index contributed by atoms with van der Waals surface area (Å²) in [5.41, 5.74) is 3.80. The molecule has 0 amide bonds. The summed E-state index contributed by atoms with van der Waals surface area (Å²) in [6.45, 7) is 0. The fraction of sp³-hybridized carbons (Fsp3) is 0.0870. The molecular weight excluding hydrogens is 372 g/mol. The minimum atomic E-state index is -0.550. The van der Waals surface area contributed by atoms with Gasteiger partial charge in [0.2, 0.25) is 0 Å². The number of hydrogen-bond donors (Lipinski definition) is 1. The number of benzene rings is 3. The van der Waals surface area contributed by atoms with Gasteiger partial charge in [0.05, 0.1) is 11.6 Å². The van der Waals surface area contributed by atoms with Gasteiger partial charge in [0.1, 0.15) is 5.54 Å². The van der Waals surface area contributed by atoms with Crippen molar-refractivity contribution in [2.24, 2.45) is 0 Å². The fourth-order valence-electron chi connectivity index (χ4n) is 3.37. The molecule has 0 fully saturated rings. The molecule has 0 unspecified atom stereocenters. The molecule has 4 heteroatoms. The van der Waals surface area contributed by atoms with Crippen LogP contribution in [0, 0.1) is 0 Å². The third kappa shape index (κ3) is 3.48. The van der Waals surface area contributed by atoms with Gasteiger partial charge in [0.25, 0.3) is 0 Å². The van der Waals surface area contributed by atoms with Crippen molar-refractivity contribution in [3.63, 3.8) is 0 Å². The minimum Gasteiger partial charge on any atom is -0.344 e. The van der Waals surface area contributed by atoms with Gasteiger partial charge in [0, 0.05) is 5.38 Å². The van der Waals surface area contributed by atoms with E-state index in [4.69, 9.17) is 11.6 Å². The second-order valence-electron chi connectivity index (χ2n) is 6.25. The number of alkyl halides is 1. The molecule has 134 valence electrons. The zero-order valence-electron chi connectivity index (χ0n) is 14.7. The molecule has 4 aromatic rings. The number of thiazole rings is 1. The van der Waals surface area contributed by atoms with E-state index in [1.165, 1.54) is 0 Å². The number of nitrogens with one attached hydrogen (secondary N) is 1. The Morgan fingerprint density at radius 2 is 1.19 bits per heavy atom. The predicted octanol–water partition coefficient (Wildman–Crippen LogP) is 6.29. The van der Waals surface area contributed by atoms with Crippen molar-refractivity contribution >= 4 is 28.1 Å². The van der Waals surface area contributed by atoms with E-state index in [2.05, 4.69) is 83.1 Å². The molecule has 0 aliphatic rings. The first-order valence-electron chi connectivity index (χ1n) is 8.78. The molecule has 0 aliphatic heterocycles. The summed E-state index contributed by atoms with van der Waals surface area (Å²) in [5, 5.41) is 6.60. The van der Waals surface area contributed by atoms with Gasteiger partial charge in [-0.25, -0.2) is 4.98 Å². The average molecular weight is 391 g/mol. The molecule has 27 heavy (non-hydrogen) atoms. The first-order chi connectivity index (χ1) is 13.3. The van der Waals surface area contributed by atoms with Gasteiger partial charge in [-0.2, -0.15) is 0 Å². The van der Waals surface area contributed by atoms with Crippen LogP contribution in [-0.4, -0.2) is 4.98 Å². The highest BCUT2D eigenvalue weighted by Gasteiger charge is 2.37. The van der Waals surface area contributed by atoms with Crippen molar-refractivity contribution in [1.29, 1.82) is 0 Å². The standard InChI is InChI=1S/C23H19ClN2S/c24-16-21-17-27-22(25-21)26-23(18-10-4-1-5-11-18,19-12-6-2-7-13-19)20-14-8-3-9-15-20/h1-15,17H,16H2,(H,25,26). The number of anilines is 1. The number of hydrogen-bond acceptors (Lipinski definition) is 3. The van der Waals surface area contributed by atoms with Crippen molar-refractivity contribution in [1.82, 2.24) is 4.98 Å². The third-order valence-electron chi connectivity index (χ3n) is 4.60. The SMILES string of the molecule is ClCc1csc(NC(c2ccccc2)(c2ccccc2)c2ccccc2)n1. The molecule has 1 aromatic heterocycles. The number of aromatic nitrogens is 1. The van der Waals surface area contributed by atoms with Gasteiger partial charge >= 0.3 is 0 Å². The molecule has 0 spiro atoms. The first-order valence-corrected chi connectivity index (χ1v) is 10.2. The molecule has 0 radical (unpaired) electrons. The van der Waals surface area contributed by atoms with E-state index in [0.29, 0.717) is 5.88 Å². The lowest BCUT2D eigenvalue weighted by Gasteiger charge is -2.36. The van der Waals surface area contributed by atoms with Gasteiger partial charge in [-0.3, -0.25) is 0 Å². The zero-order valence-corrected chi connectivity index (χ0v) is 16.3. The van der Waals surface area contributed by atoms with E-state index in [1.54, 1.807) is 11.3 Å². The monoisotopic (exact) mass is 390 g/mol. The quantitative estimate of drug-likeness (QED) is 0.309. The van der Waals surface area contributed by atoms with Gasteiger partial charge in [-0.15, -0.1) is 22.9 Å². The molecule has 0 aliphatic carbocycles. The van der Waals surface area contributed by atoms with E-state index in [0.717, 1.165) is 27.5 Å². The molecule has 1 heterocycles. The van der Waals surface area contributed by atoms with Crippen LogP contribution in [0.4, 0.5) is 5.13 Å². The van der Waals surface area contributed by atoms with Gasteiger partial charge < -0.3 is 5.32 Å². The smallest absolute Gasteiger partial charge is 0.184 e.